The summed E-state index contributed by atoms with van der Waals surface area (Å²) in [6.07, 6.45) is 5.41. The van der Waals surface area contributed by atoms with Gasteiger partial charge in [0.25, 0.3) is 0 Å². The molecule has 1 fully saturated rings. The van der Waals surface area contributed by atoms with Gasteiger partial charge in [0.2, 0.25) is 0 Å². The van der Waals surface area contributed by atoms with Gasteiger partial charge in [0.15, 0.2) is 15.7 Å². The quantitative estimate of drug-likeness (QED) is 0.903. The van der Waals surface area contributed by atoms with E-state index in [2.05, 4.69) is 11.1 Å². The standard InChI is InChI=1S/C18H21NO4S/c1-22-18-10-9-17(19-18)16(12-14-4-3-11-23-14)13-5-7-15(8-6-13)24(2,20)21/h5-10,12,14,19H,3-4,11H2,1-2H3/b16-12+. The van der Waals surface area contributed by atoms with Gasteiger partial charge in [-0.05, 0) is 42.7 Å². The normalized spacial score (nSPS) is 18.8. The van der Waals surface area contributed by atoms with Crippen molar-refractivity contribution in [3.8, 4) is 5.88 Å². The van der Waals surface area contributed by atoms with Crippen LogP contribution < -0.4 is 4.74 Å². The molecule has 1 saturated heterocycles. The Hall–Kier alpha value is -2.05. The Morgan fingerprint density at radius 1 is 1.25 bits per heavy atom. The summed E-state index contributed by atoms with van der Waals surface area (Å²) in [5.74, 6) is 0.677. The van der Waals surface area contributed by atoms with Gasteiger partial charge in [-0.25, -0.2) is 8.42 Å². The minimum absolute atomic E-state index is 0.0730. The molecule has 2 heterocycles. The summed E-state index contributed by atoms with van der Waals surface area (Å²) in [4.78, 5) is 3.53. The zero-order valence-electron chi connectivity index (χ0n) is 13.8. The number of hydrogen-bond acceptors (Lipinski definition) is 4. The van der Waals surface area contributed by atoms with Crippen molar-refractivity contribution in [2.45, 2.75) is 23.8 Å². The van der Waals surface area contributed by atoms with Gasteiger partial charge in [-0.1, -0.05) is 12.1 Å². The molecule has 1 aromatic carbocycles. The van der Waals surface area contributed by atoms with E-state index >= 15 is 0 Å². The van der Waals surface area contributed by atoms with E-state index in [0.29, 0.717) is 10.8 Å². The number of methoxy groups -OCH3 is 1. The highest BCUT2D eigenvalue weighted by atomic mass is 32.2. The summed E-state index contributed by atoms with van der Waals surface area (Å²) in [6, 6.07) is 10.7. The van der Waals surface area contributed by atoms with Crippen molar-refractivity contribution >= 4 is 15.4 Å². The van der Waals surface area contributed by atoms with Crippen molar-refractivity contribution < 1.29 is 17.9 Å². The van der Waals surface area contributed by atoms with E-state index in [0.717, 1.165) is 36.3 Å². The van der Waals surface area contributed by atoms with E-state index in [1.54, 1.807) is 19.2 Å². The first kappa shape index (κ1) is 16.8. The SMILES string of the molecule is COc1ccc(/C(=C/C2CCCO2)c2ccc(S(C)(=O)=O)cc2)[nH]1. The Morgan fingerprint density at radius 3 is 2.54 bits per heavy atom. The van der Waals surface area contributed by atoms with Gasteiger partial charge in [0.05, 0.1) is 18.1 Å². The first-order valence-corrected chi connectivity index (χ1v) is 9.74. The molecule has 1 aliphatic rings. The molecule has 0 radical (unpaired) electrons. The van der Waals surface area contributed by atoms with Crippen LogP contribution >= 0.6 is 0 Å². The van der Waals surface area contributed by atoms with Crippen LogP contribution in [0, 0.1) is 0 Å². The number of aromatic amines is 1. The van der Waals surface area contributed by atoms with Crippen molar-refractivity contribution in [2.75, 3.05) is 20.0 Å². The first-order chi connectivity index (χ1) is 11.5. The number of nitrogens with one attached hydrogen (secondary N) is 1. The molecule has 2 aromatic rings. The Kier molecular flexibility index (Phi) is 4.78. The Balaban J connectivity index is 2.00. The summed E-state index contributed by atoms with van der Waals surface area (Å²) in [5, 5.41) is 0. The zero-order valence-corrected chi connectivity index (χ0v) is 14.6. The van der Waals surface area contributed by atoms with E-state index in [1.165, 1.54) is 6.26 Å². The summed E-state index contributed by atoms with van der Waals surface area (Å²) in [6.45, 7) is 0.773. The lowest BCUT2D eigenvalue weighted by Gasteiger charge is -2.11. The fourth-order valence-electron chi connectivity index (χ4n) is 2.79. The fourth-order valence-corrected chi connectivity index (χ4v) is 3.42. The van der Waals surface area contributed by atoms with Crippen LogP contribution in [-0.2, 0) is 14.6 Å². The molecule has 1 aliphatic heterocycles. The summed E-state index contributed by atoms with van der Waals surface area (Å²) in [7, 11) is -1.59. The van der Waals surface area contributed by atoms with Gasteiger partial charge in [-0.15, -0.1) is 0 Å². The molecule has 0 aliphatic carbocycles. The molecule has 24 heavy (non-hydrogen) atoms. The molecular formula is C18H21NO4S. The van der Waals surface area contributed by atoms with Gasteiger partial charge < -0.3 is 14.5 Å². The number of benzene rings is 1. The molecule has 6 heteroatoms. The maximum Gasteiger partial charge on any atom is 0.190 e. The van der Waals surface area contributed by atoms with E-state index in [-0.39, 0.29) is 6.10 Å². The van der Waals surface area contributed by atoms with Crippen LogP contribution in [0.2, 0.25) is 0 Å². The minimum Gasteiger partial charge on any atom is -0.482 e. The highest BCUT2D eigenvalue weighted by Crippen LogP contribution is 2.28. The molecule has 0 saturated carbocycles. The molecule has 0 amide bonds. The largest absolute Gasteiger partial charge is 0.482 e. The fraction of sp³-hybridized carbons (Fsp3) is 0.333. The smallest absolute Gasteiger partial charge is 0.190 e. The zero-order chi connectivity index (χ0) is 17.2. The maximum absolute atomic E-state index is 11.6. The molecule has 0 bridgehead atoms. The molecule has 0 spiro atoms. The minimum atomic E-state index is -3.20. The van der Waals surface area contributed by atoms with Crippen molar-refractivity contribution in [1.82, 2.24) is 4.98 Å². The first-order valence-electron chi connectivity index (χ1n) is 7.84. The molecule has 1 atom stereocenters. The number of H-pyrrole nitrogens is 1. The lowest BCUT2D eigenvalue weighted by Crippen LogP contribution is -2.03. The third kappa shape index (κ3) is 3.71. The van der Waals surface area contributed by atoms with Crippen LogP contribution in [0.1, 0.15) is 24.1 Å². The van der Waals surface area contributed by atoms with Crippen LogP contribution in [0.5, 0.6) is 5.88 Å². The van der Waals surface area contributed by atoms with Gasteiger partial charge in [0, 0.05) is 30.2 Å². The number of hydrogen-bond donors (Lipinski definition) is 1. The summed E-state index contributed by atoms with van der Waals surface area (Å²) in [5.41, 5.74) is 2.82. The Bertz CT molecular complexity index is 828. The summed E-state index contributed by atoms with van der Waals surface area (Å²) >= 11 is 0. The second kappa shape index (κ2) is 6.83. The number of aromatic nitrogens is 1. The molecule has 128 valence electrons. The lowest BCUT2D eigenvalue weighted by atomic mass is 10.0. The third-order valence-electron chi connectivity index (χ3n) is 4.08. The van der Waals surface area contributed by atoms with Crippen molar-refractivity contribution in [3.63, 3.8) is 0 Å². The molecular weight excluding hydrogens is 326 g/mol. The lowest BCUT2D eigenvalue weighted by molar-refractivity contribution is 0.146. The van der Waals surface area contributed by atoms with E-state index in [4.69, 9.17) is 9.47 Å². The van der Waals surface area contributed by atoms with Crippen LogP contribution in [0.3, 0.4) is 0 Å². The van der Waals surface area contributed by atoms with Gasteiger partial charge >= 0.3 is 0 Å². The van der Waals surface area contributed by atoms with E-state index in [9.17, 15) is 8.42 Å². The molecule has 1 N–H and O–H groups in total. The average molecular weight is 347 g/mol. The van der Waals surface area contributed by atoms with Gasteiger partial charge in [0.1, 0.15) is 0 Å². The van der Waals surface area contributed by atoms with Crippen LogP contribution in [0.4, 0.5) is 0 Å². The molecule has 1 unspecified atom stereocenters. The molecule has 5 nitrogen and oxygen atoms in total. The van der Waals surface area contributed by atoms with Crippen molar-refractivity contribution in [3.05, 3.63) is 53.7 Å². The Labute approximate surface area is 142 Å². The molecule has 3 rings (SSSR count). The monoisotopic (exact) mass is 347 g/mol. The van der Waals surface area contributed by atoms with Gasteiger partial charge in [-0.2, -0.15) is 0 Å². The van der Waals surface area contributed by atoms with Gasteiger partial charge in [-0.3, -0.25) is 0 Å². The third-order valence-corrected chi connectivity index (χ3v) is 5.21. The van der Waals surface area contributed by atoms with E-state index < -0.39 is 9.84 Å². The van der Waals surface area contributed by atoms with Crippen LogP contribution in [0.25, 0.3) is 5.57 Å². The number of sulfone groups is 1. The topological polar surface area (TPSA) is 68.4 Å². The van der Waals surface area contributed by atoms with Crippen LogP contribution in [-0.4, -0.2) is 39.5 Å². The number of rotatable bonds is 5. The van der Waals surface area contributed by atoms with E-state index in [1.807, 2.05) is 24.3 Å². The number of ether oxygens (including phenoxy) is 2. The van der Waals surface area contributed by atoms with Crippen molar-refractivity contribution in [2.24, 2.45) is 0 Å². The average Bonchev–Trinajstić information content (AvgIpc) is 3.23. The highest BCUT2D eigenvalue weighted by Gasteiger charge is 2.17. The predicted molar refractivity (Wildman–Crippen MR) is 92.9 cm³/mol. The second-order valence-corrected chi connectivity index (χ2v) is 7.88. The van der Waals surface area contributed by atoms with Crippen molar-refractivity contribution in [1.29, 1.82) is 0 Å². The Morgan fingerprint density at radius 2 is 2.00 bits per heavy atom. The predicted octanol–water partition coefficient (Wildman–Crippen LogP) is 3.04. The molecule has 1 aromatic heterocycles. The highest BCUT2D eigenvalue weighted by molar-refractivity contribution is 7.90. The summed E-state index contributed by atoms with van der Waals surface area (Å²) < 4.78 is 34.2. The maximum atomic E-state index is 11.6. The second-order valence-electron chi connectivity index (χ2n) is 5.87. The van der Waals surface area contributed by atoms with Crippen LogP contribution in [0.15, 0.2) is 47.4 Å².